The maximum atomic E-state index is 11.8. The number of thioether (sulfide) groups is 1. The number of aromatic nitrogens is 3. The topological polar surface area (TPSA) is 103 Å². The molecule has 0 saturated carbocycles. The third-order valence-electron chi connectivity index (χ3n) is 4.85. The van der Waals surface area contributed by atoms with Gasteiger partial charge in [0.2, 0.25) is 5.82 Å². The molecule has 0 unspecified atom stereocenters. The summed E-state index contributed by atoms with van der Waals surface area (Å²) in [6.45, 7) is 0.724. The number of benzene rings is 1. The van der Waals surface area contributed by atoms with Crippen LogP contribution in [0, 0.1) is 0 Å². The van der Waals surface area contributed by atoms with E-state index in [2.05, 4.69) is 27.4 Å². The molecule has 7 nitrogen and oxygen atoms in total. The van der Waals surface area contributed by atoms with E-state index >= 15 is 0 Å². The summed E-state index contributed by atoms with van der Waals surface area (Å²) in [6.07, 6.45) is 4.20. The number of rotatable bonds is 8. The summed E-state index contributed by atoms with van der Waals surface area (Å²) >= 11 is 3.32. The Bertz CT molecular complexity index is 1230. The van der Waals surface area contributed by atoms with Gasteiger partial charge in [0.25, 0.3) is 5.91 Å². The molecule has 0 aliphatic heterocycles. The van der Waals surface area contributed by atoms with Crippen LogP contribution in [-0.2, 0) is 4.74 Å². The Kier molecular flexibility index (Phi) is 6.99. The van der Waals surface area contributed by atoms with Gasteiger partial charge >= 0.3 is 0 Å². The smallest absolute Gasteiger partial charge is 0.288 e. The van der Waals surface area contributed by atoms with Crippen LogP contribution in [0.2, 0.25) is 0 Å². The molecule has 164 valence electrons. The van der Waals surface area contributed by atoms with Gasteiger partial charge in [-0.05, 0) is 23.6 Å². The number of nitrogens with two attached hydrogens (primary N) is 1. The first kappa shape index (κ1) is 22.2. The molecule has 0 atom stereocenters. The number of nitrogen functional groups attached to an aromatic ring is 1. The molecule has 9 heteroatoms. The highest BCUT2D eigenvalue weighted by Gasteiger charge is 2.18. The van der Waals surface area contributed by atoms with Crippen LogP contribution >= 0.6 is 23.1 Å². The number of anilines is 1. The second-order valence-electron chi connectivity index (χ2n) is 6.97. The van der Waals surface area contributed by atoms with E-state index in [1.807, 2.05) is 24.3 Å². The summed E-state index contributed by atoms with van der Waals surface area (Å²) in [4.78, 5) is 25.9. The van der Waals surface area contributed by atoms with E-state index in [9.17, 15) is 4.79 Å². The zero-order valence-electron chi connectivity index (χ0n) is 17.8. The van der Waals surface area contributed by atoms with Crippen molar-refractivity contribution >= 4 is 44.9 Å². The van der Waals surface area contributed by atoms with Gasteiger partial charge < -0.3 is 15.8 Å². The Morgan fingerprint density at radius 2 is 1.94 bits per heavy atom. The van der Waals surface area contributed by atoms with Crippen LogP contribution in [0.1, 0.15) is 17.0 Å². The average Bonchev–Trinajstić information content (AvgIpc) is 3.16. The lowest BCUT2D eigenvalue weighted by Crippen LogP contribution is -2.20. The first-order valence-corrected chi connectivity index (χ1v) is 11.9. The van der Waals surface area contributed by atoms with Crippen LogP contribution in [0.25, 0.3) is 32.6 Å². The van der Waals surface area contributed by atoms with Crippen molar-refractivity contribution in [2.45, 2.75) is 10.6 Å². The van der Waals surface area contributed by atoms with Crippen LogP contribution in [0.4, 0.5) is 5.69 Å². The minimum absolute atomic E-state index is 0.121. The lowest BCUT2D eigenvalue weighted by molar-refractivity contribution is 0.0953. The van der Waals surface area contributed by atoms with Gasteiger partial charge in [0.05, 0.1) is 15.6 Å². The van der Waals surface area contributed by atoms with E-state index in [1.165, 1.54) is 0 Å². The van der Waals surface area contributed by atoms with Crippen LogP contribution in [0.5, 0.6) is 0 Å². The van der Waals surface area contributed by atoms with Gasteiger partial charge in [0.1, 0.15) is 4.83 Å². The van der Waals surface area contributed by atoms with Crippen molar-refractivity contribution < 1.29 is 9.53 Å². The van der Waals surface area contributed by atoms with Gasteiger partial charge in [0.15, 0.2) is 0 Å². The molecule has 3 aromatic heterocycles. The molecular formula is C23H23N5O2S2. The largest absolute Gasteiger partial charge is 0.397 e. The highest BCUT2D eigenvalue weighted by molar-refractivity contribution is 8.01. The van der Waals surface area contributed by atoms with Gasteiger partial charge in [-0.2, -0.15) is 0 Å². The number of amides is 1. The van der Waals surface area contributed by atoms with E-state index in [0.29, 0.717) is 0 Å². The Morgan fingerprint density at radius 3 is 2.62 bits per heavy atom. The lowest BCUT2D eigenvalue weighted by atomic mass is 10.0. The van der Waals surface area contributed by atoms with E-state index in [0.717, 1.165) is 61.3 Å². The Balaban J connectivity index is 1.80. The Morgan fingerprint density at radius 1 is 1.19 bits per heavy atom. The predicted molar refractivity (Wildman–Crippen MR) is 131 cm³/mol. The number of methoxy groups -OCH3 is 1. The van der Waals surface area contributed by atoms with E-state index in [-0.39, 0.29) is 11.7 Å². The monoisotopic (exact) mass is 465 g/mol. The summed E-state index contributed by atoms with van der Waals surface area (Å²) in [6, 6.07) is 12.1. The van der Waals surface area contributed by atoms with Crippen molar-refractivity contribution in [1.29, 1.82) is 0 Å². The quantitative estimate of drug-likeness (QED) is 0.292. The second-order valence-corrected chi connectivity index (χ2v) is 9.34. The predicted octanol–water partition coefficient (Wildman–Crippen LogP) is 4.49. The first-order valence-electron chi connectivity index (χ1n) is 10.1. The van der Waals surface area contributed by atoms with Crippen molar-refractivity contribution in [2.24, 2.45) is 0 Å². The summed E-state index contributed by atoms with van der Waals surface area (Å²) in [5.74, 6) is 0.717. The third kappa shape index (κ3) is 4.59. The number of hydrogen-bond donors (Lipinski definition) is 2. The SMILES string of the molecule is CNC(=O)c1ncc(-c2cc(-c3ccccc3)c3c(N)c(SCCCOC)sc3n2)cn1. The number of pyridine rings is 1. The minimum atomic E-state index is -0.328. The molecule has 1 aromatic carbocycles. The molecule has 0 aliphatic carbocycles. The molecule has 0 bridgehead atoms. The molecular weight excluding hydrogens is 442 g/mol. The number of hydrogen-bond acceptors (Lipinski definition) is 8. The normalized spacial score (nSPS) is 11.1. The van der Waals surface area contributed by atoms with Crippen LogP contribution in [-0.4, -0.2) is 47.4 Å². The Hall–Kier alpha value is -3.01. The summed E-state index contributed by atoms with van der Waals surface area (Å²) in [7, 11) is 3.26. The summed E-state index contributed by atoms with van der Waals surface area (Å²) < 4.78 is 6.21. The number of nitrogens with zero attached hydrogens (tertiary/aromatic N) is 3. The molecule has 3 heterocycles. The molecule has 0 fully saturated rings. The number of nitrogens with one attached hydrogen (secondary N) is 1. The molecule has 0 saturated heterocycles. The summed E-state index contributed by atoms with van der Waals surface area (Å²) in [5, 5.41) is 3.49. The molecule has 4 aromatic rings. The molecule has 0 aliphatic rings. The molecule has 0 spiro atoms. The van der Waals surface area contributed by atoms with E-state index < -0.39 is 0 Å². The second kappa shape index (κ2) is 10.1. The number of fused-ring (bicyclic) bond motifs is 1. The van der Waals surface area contributed by atoms with Crippen molar-refractivity contribution in [1.82, 2.24) is 20.3 Å². The number of carbonyl (C=O) groups excluding carboxylic acids is 1. The van der Waals surface area contributed by atoms with Gasteiger partial charge in [-0.15, -0.1) is 23.1 Å². The fraction of sp³-hybridized carbons (Fsp3) is 0.217. The maximum Gasteiger partial charge on any atom is 0.288 e. The van der Waals surface area contributed by atoms with Gasteiger partial charge in [-0.25, -0.2) is 15.0 Å². The number of ether oxygens (including phenoxy) is 1. The zero-order valence-corrected chi connectivity index (χ0v) is 19.4. The number of thiophene rings is 1. The fourth-order valence-corrected chi connectivity index (χ4v) is 5.54. The van der Waals surface area contributed by atoms with Gasteiger partial charge in [0, 0.05) is 49.9 Å². The van der Waals surface area contributed by atoms with Crippen LogP contribution in [0.3, 0.4) is 0 Å². The van der Waals surface area contributed by atoms with Gasteiger partial charge in [-0.1, -0.05) is 30.3 Å². The molecule has 0 radical (unpaired) electrons. The first-order chi connectivity index (χ1) is 15.6. The van der Waals surface area contributed by atoms with Crippen LogP contribution < -0.4 is 11.1 Å². The Labute approximate surface area is 194 Å². The highest BCUT2D eigenvalue weighted by atomic mass is 32.2. The summed E-state index contributed by atoms with van der Waals surface area (Å²) in [5.41, 5.74) is 10.9. The van der Waals surface area contributed by atoms with E-state index in [4.69, 9.17) is 15.5 Å². The number of carbonyl (C=O) groups is 1. The highest BCUT2D eigenvalue weighted by Crippen LogP contribution is 2.45. The van der Waals surface area contributed by atoms with Crippen molar-refractivity contribution in [3.05, 3.63) is 54.6 Å². The van der Waals surface area contributed by atoms with Crippen molar-refractivity contribution in [3.8, 4) is 22.4 Å². The third-order valence-corrected chi connectivity index (χ3v) is 7.33. The molecule has 4 rings (SSSR count). The fourth-order valence-electron chi connectivity index (χ4n) is 3.26. The minimum Gasteiger partial charge on any atom is -0.397 e. The van der Waals surface area contributed by atoms with Crippen LogP contribution in [0.15, 0.2) is 53.0 Å². The molecule has 32 heavy (non-hydrogen) atoms. The van der Waals surface area contributed by atoms with Gasteiger partial charge in [-0.3, -0.25) is 4.79 Å². The van der Waals surface area contributed by atoms with E-state index in [1.54, 1.807) is 49.6 Å². The molecule has 3 N–H and O–H groups in total. The zero-order chi connectivity index (χ0) is 22.5. The maximum absolute atomic E-state index is 11.8. The molecule has 1 amide bonds. The standard InChI is InChI=1S/C23H23N5O2S2/c1-25-21(29)20-26-12-15(13-27-20)17-11-16(14-7-4-3-5-8-14)18-19(24)23(32-22(18)28-17)31-10-6-9-30-2/h3-5,7-8,11-13H,6,9-10,24H2,1-2H3,(H,25,29). The van der Waals surface area contributed by atoms with Crippen molar-refractivity contribution in [2.75, 3.05) is 32.3 Å². The van der Waals surface area contributed by atoms with Crippen molar-refractivity contribution in [3.63, 3.8) is 0 Å². The average molecular weight is 466 g/mol. The lowest BCUT2D eigenvalue weighted by Gasteiger charge is -2.09.